The van der Waals surface area contributed by atoms with Gasteiger partial charge in [0.05, 0.1) is 6.10 Å². The van der Waals surface area contributed by atoms with E-state index in [0.29, 0.717) is 29.7 Å². The average Bonchev–Trinajstić information content (AvgIpc) is 3.62. The van der Waals surface area contributed by atoms with Crippen molar-refractivity contribution in [1.29, 1.82) is 0 Å². The number of esters is 1. The van der Waals surface area contributed by atoms with E-state index in [1.165, 1.54) is 87.8 Å². The molecule has 2 aromatic rings. The van der Waals surface area contributed by atoms with Gasteiger partial charge in [-0.2, -0.15) is 0 Å². The van der Waals surface area contributed by atoms with Gasteiger partial charge in [-0.15, -0.1) is 0 Å². The smallest absolute Gasteiger partial charge is 0.308 e. The van der Waals surface area contributed by atoms with Gasteiger partial charge in [0.2, 0.25) is 0 Å². The van der Waals surface area contributed by atoms with Crippen LogP contribution in [0, 0.1) is 11.8 Å². The number of carbonyl (C=O) groups is 1. The first-order valence-electron chi connectivity index (χ1n) is 18.2. The first-order valence-corrected chi connectivity index (χ1v) is 18.2. The Balaban J connectivity index is 1.12. The summed E-state index contributed by atoms with van der Waals surface area (Å²) in [6.45, 7) is 8.15. The number of unbranched alkanes of at least 4 members (excludes halogenated alkanes) is 5. The van der Waals surface area contributed by atoms with E-state index < -0.39 is 0 Å². The van der Waals surface area contributed by atoms with Crippen LogP contribution in [0.1, 0.15) is 101 Å². The fraction of sp³-hybridized carbons (Fsp3) is 0.667. The van der Waals surface area contributed by atoms with Gasteiger partial charge in [-0.25, -0.2) is 0 Å². The van der Waals surface area contributed by atoms with Gasteiger partial charge < -0.3 is 14.6 Å². The summed E-state index contributed by atoms with van der Waals surface area (Å²) in [4.78, 5) is 17.7. The highest BCUT2D eigenvalue weighted by Gasteiger charge is 2.66. The SMILES string of the molecule is CCCCCN(CCCCCCc1ccccc1)[C@@H]1CC[C@H]2[C@H]3Cc4ccc(OC(C)=O)c5c4[C@@]2(CCN3CC2CC2O)[C@H]1O5. The van der Waals surface area contributed by atoms with Crippen LogP contribution in [0.4, 0.5) is 0 Å². The molecule has 1 saturated heterocycles. The van der Waals surface area contributed by atoms with Crippen LogP contribution >= 0.6 is 0 Å². The number of benzene rings is 2. The standard InChI is InChI=1S/C39H54N2O4/c1-3-4-11-21-40(22-12-6-5-8-13-28-14-9-7-10-15-28)32-18-17-31-33-24-29-16-19-35(44-27(2)42)37-36(29)39(31,38(32)45-37)20-23-41(33)26-30-25-34(30)43/h7,9-10,14-16,19,30-34,38,43H,3-6,8,11-13,17-18,20-26H2,1-2H3/t30?,31-,32+,33+,34?,38-,39-/m0/s1. The molecule has 6 heteroatoms. The second-order valence-electron chi connectivity index (χ2n) is 14.8. The molecule has 7 rings (SSSR count). The number of aliphatic hydroxyl groups is 1. The van der Waals surface area contributed by atoms with Gasteiger partial charge in [0.15, 0.2) is 11.5 Å². The van der Waals surface area contributed by atoms with Crippen LogP contribution in [0.15, 0.2) is 42.5 Å². The number of piperidine rings is 1. The van der Waals surface area contributed by atoms with E-state index in [9.17, 15) is 9.90 Å². The zero-order valence-electron chi connectivity index (χ0n) is 27.6. The number of rotatable bonds is 15. The third-order valence-corrected chi connectivity index (χ3v) is 12.0. The number of hydrogen-bond donors (Lipinski definition) is 1. The lowest BCUT2D eigenvalue weighted by Crippen LogP contribution is -2.69. The Morgan fingerprint density at radius 2 is 1.82 bits per heavy atom. The van der Waals surface area contributed by atoms with Crippen LogP contribution in [0.3, 0.4) is 0 Å². The Morgan fingerprint density at radius 3 is 2.58 bits per heavy atom. The van der Waals surface area contributed by atoms with Crippen molar-refractivity contribution in [2.45, 2.75) is 127 Å². The summed E-state index contributed by atoms with van der Waals surface area (Å²) in [7, 11) is 0. The summed E-state index contributed by atoms with van der Waals surface area (Å²) in [5.41, 5.74) is 4.19. The molecule has 2 aliphatic heterocycles. The Kier molecular flexibility index (Phi) is 9.27. The summed E-state index contributed by atoms with van der Waals surface area (Å²) < 4.78 is 13.0. The monoisotopic (exact) mass is 614 g/mol. The van der Waals surface area contributed by atoms with Gasteiger partial charge in [-0.05, 0) is 101 Å². The maximum absolute atomic E-state index is 12.2. The minimum atomic E-state index is -0.282. The zero-order valence-corrected chi connectivity index (χ0v) is 27.6. The topological polar surface area (TPSA) is 62.2 Å². The van der Waals surface area contributed by atoms with Gasteiger partial charge in [0.1, 0.15) is 6.10 Å². The second kappa shape index (κ2) is 13.4. The molecule has 0 radical (unpaired) electrons. The minimum Gasteiger partial charge on any atom is -0.484 e. The third-order valence-electron chi connectivity index (χ3n) is 12.0. The molecule has 2 aromatic carbocycles. The summed E-state index contributed by atoms with van der Waals surface area (Å²) in [6.07, 6.45) is 15.4. The number of aryl methyl sites for hydroxylation is 1. The molecule has 5 aliphatic rings. The van der Waals surface area contributed by atoms with Crippen LogP contribution in [0.5, 0.6) is 11.5 Å². The normalized spacial score (nSPS) is 31.0. The van der Waals surface area contributed by atoms with E-state index >= 15 is 0 Å². The predicted molar refractivity (Wildman–Crippen MR) is 178 cm³/mol. The Morgan fingerprint density at radius 1 is 1.04 bits per heavy atom. The van der Waals surface area contributed by atoms with Crippen LogP contribution in [0.25, 0.3) is 0 Å². The van der Waals surface area contributed by atoms with Gasteiger partial charge >= 0.3 is 5.97 Å². The average molecular weight is 615 g/mol. The van der Waals surface area contributed by atoms with Crippen LogP contribution in [-0.4, -0.2) is 71.3 Å². The number of aliphatic hydroxyl groups excluding tert-OH is 1. The molecule has 1 N–H and O–H groups in total. The highest BCUT2D eigenvalue weighted by Crippen LogP contribution is 2.64. The van der Waals surface area contributed by atoms with Crippen molar-refractivity contribution in [3.8, 4) is 11.5 Å². The molecule has 2 unspecified atom stereocenters. The third kappa shape index (κ3) is 6.07. The number of likely N-dealkylation sites (tertiary alicyclic amines) is 1. The number of nitrogens with zero attached hydrogens (tertiary/aromatic N) is 2. The lowest BCUT2D eigenvalue weighted by Gasteiger charge is -2.60. The quantitative estimate of drug-likeness (QED) is 0.137. The molecule has 2 heterocycles. The van der Waals surface area contributed by atoms with Gasteiger partial charge in [-0.3, -0.25) is 14.6 Å². The van der Waals surface area contributed by atoms with Crippen molar-refractivity contribution < 1.29 is 19.4 Å². The van der Waals surface area contributed by atoms with Crippen molar-refractivity contribution in [3.63, 3.8) is 0 Å². The van der Waals surface area contributed by atoms with Crippen LogP contribution in [-0.2, 0) is 23.1 Å². The van der Waals surface area contributed by atoms with Crippen LogP contribution in [0.2, 0.25) is 0 Å². The summed E-state index contributed by atoms with van der Waals surface area (Å²) in [6, 6.07) is 16.0. The molecule has 3 aliphatic carbocycles. The van der Waals surface area contributed by atoms with Crippen molar-refractivity contribution in [2.24, 2.45) is 11.8 Å². The molecule has 45 heavy (non-hydrogen) atoms. The van der Waals surface area contributed by atoms with E-state index in [1.807, 2.05) is 6.07 Å². The van der Waals surface area contributed by atoms with Gasteiger partial charge in [0, 0.05) is 42.4 Å². The first kappa shape index (κ1) is 31.2. The number of carbonyl (C=O) groups excluding carboxylic acids is 1. The summed E-state index contributed by atoms with van der Waals surface area (Å²) in [5, 5.41) is 10.2. The predicted octanol–water partition coefficient (Wildman–Crippen LogP) is 6.70. The summed E-state index contributed by atoms with van der Waals surface area (Å²) >= 11 is 0. The van der Waals surface area contributed by atoms with Gasteiger partial charge in [0.25, 0.3) is 0 Å². The lowest BCUT2D eigenvalue weighted by molar-refractivity contribution is -0.132. The maximum Gasteiger partial charge on any atom is 0.308 e. The van der Waals surface area contributed by atoms with E-state index in [4.69, 9.17) is 9.47 Å². The van der Waals surface area contributed by atoms with E-state index in [-0.39, 0.29) is 23.6 Å². The van der Waals surface area contributed by atoms with Crippen LogP contribution < -0.4 is 9.47 Å². The number of hydrogen-bond acceptors (Lipinski definition) is 6. The van der Waals surface area contributed by atoms with Gasteiger partial charge in [-0.1, -0.05) is 69.0 Å². The van der Waals surface area contributed by atoms with E-state index in [0.717, 1.165) is 51.2 Å². The molecule has 3 fully saturated rings. The second-order valence-corrected chi connectivity index (χ2v) is 14.8. The molecule has 2 saturated carbocycles. The van der Waals surface area contributed by atoms with Crippen molar-refractivity contribution in [1.82, 2.24) is 9.80 Å². The molecule has 0 aromatic heterocycles. The maximum atomic E-state index is 12.2. The fourth-order valence-corrected chi connectivity index (χ4v) is 9.80. The Labute approximate surface area is 270 Å². The molecular weight excluding hydrogens is 560 g/mol. The molecule has 244 valence electrons. The summed E-state index contributed by atoms with van der Waals surface area (Å²) in [5.74, 6) is 2.18. The fourth-order valence-electron chi connectivity index (χ4n) is 9.80. The van der Waals surface area contributed by atoms with Crippen molar-refractivity contribution in [3.05, 3.63) is 59.2 Å². The number of ether oxygens (including phenoxy) is 2. The minimum absolute atomic E-state index is 0.0238. The van der Waals surface area contributed by atoms with Crippen molar-refractivity contribution in [2.75, 3.05) is 26.2 Å². The highest BCUT2D eigenvalue weighted by molar-refractivity contribution is 5.72. The molecule has 6 nitrogen and oxygen atoms in total. The molecule has 0 amide bonds. The molecule has 7 atom stereocenters. The first-order chi connectivity index (χ1) is 22.0. The van der Waals surface area contributed by atoms with E-state index in [1.54, 1.807) is 0 Å². The molecular formula is C39H54N2O4. The van der Waals surface area contributed by atoms with Crippen molar-refractivity contribution >= 4 is 5.97 Å². The lowest BCUT2D eigenvalue weighted by atomic mass is 9.51. The molecule has 2 bridgehead atoms. The Bertz CT molecular complexity index is 1330. The molecule has 1 spiro atoms. The highest BCUT2D eigenvalue weighted by atomic mass is 16.6. The van der Waals surface area contributed by atoms with E-state index in [2.05, 4.69) is 53.1 Å². The zero-order chi connectivity index (χ0) is 31.0. The largest absolute Gasteiger partial charge is 0.484 e. The Hall–Kier alpha value is -2.41.